The minimum absolute atomic E-state index is 0.00860. The van der Waals surface area contributed by atoms with Crippen LogP contribution in [0.15, 0.2) is 35.1 Å². The van der Waals surface area contributed by atoms with Crippen LogP contribution in [-0.4, -0.2) is 10.9 Å². The topological polar surface area (TPSA) is 62.0 Å². The largest absolute Gasteiger partial charge is 0.322 e. The van der Waals surface area contributed by atoms with Crippen molar-refractivity contribution in [3.05, 3.63) is 61.0 Å². The van der Waals surface area contributed by atoms with E-state index in [1.54, 1.807) is 12.1 Å². The van der Waals surface area contributed by atoms with Crippen molar-refractivity contribution >= 4 is 45.4 Å². The molecule has 6 heteroatoms. The molecule has 2 aromatic heterocycles. The van der Waals surface area contributed by atoms with Crippen LogP contribution in [0.25, 0.3) is 10.9 Å². The van der Waals surface area contributed by atoms with Gasteiger partial charge in [-0.25, -0.2) is 0 Å². The zero-order valence-electron chi connectivity index (χ0n) is 12.8. The van der Waals surface area contributed by atoms with E-state index >= 15 is 0 Å². The fraction of sp³-hybridized carbons (Fsp3) is 0.222. The van der Waals surface area contributed by atoms with E-state index in [-0.39, 0.29) is 11.5 Å². The maximum absolute atomic E-state index is 12.3. The summed E-state index contributed by atoms with van der Waals surface area (Å²) in [5, 5.41) is 3.92. The van der Waals surface area contributed by atoms with E-state index in [1.807, 2.05) is 18.2 Å². The molecule has 0 spiro atoms. The van der Waals surface area contributed by atoms with Gasteiger partial charge < -0.3 is 10.3 Å². The van der Waals surface area contributed by atoms with Crippen LogP contribution in [0.4, 0.5) is 5.69 Å². The number of halogens is 1. The molecule has 0 unspecified atom stereocenters. The van der Waals surface area contributed by atoms with Crippen molar-refractivity contribution in [2.45, 2.75) is 25.7 Å². The van der Waals surface area contributed by atoms with Gasteiger partial charge in [0.1, 0.15) is 0 Å². The summed E-state index contributed by atoms with van der Waals surface area (Å²) < 4.78 is 0.578. The zero-order chi connectivity index (χ0) is 16.7. The lowest BCUT2D eigenvalue weighted by molar-refractivity contribution is 0.103. The number of amides is 1. The van der Waals surface area contributed by atoms with Crippen molar-refractivity contribution in [3.63, 3.8) is 0 Å². The normalized spacial score (nSPS) is 13.7. The van der Waals surface area contributed by atoms with Crippen molar-refractivity contribution < 1.29 is 4.79 Å². The lowest BCUT2D eigenvalue weighted by Crippen LogP contribution is -2.19. The first kappa shape index (κ1) is 15.4. The van der Waals surface area contributed by atoms with Crippen LogP contribution >= 0.6 is 22.9 Å². The highest BCUT2D eigenvalue weighted by molar-refractivity contribution is 7.18. The van der Waals surface area contributed by atoms with Gasteiger partial charge in [-0.3, -0.25) is 9.59 Å². The van der Waals surface area contributed by atoms with Crippen molar-refractivity contribution in [1.82, 2.24) is 4.98 Å². The number of carbonyl (C=O) groups excluding carboxylic acids is 1. The number of pyridine rings is 1. The van der Waals surface area contributed by atoms with E-state index < -0.39 is 0 Å². The number of hydrogen-bond acceptors (Lipinski definition) is 3. The second-order valence-electron chi connectivity index (χ2n) is 5.94. The van der Waals surface area contributed by atoms with Crippen LogP contribution in [0, 0.1) is 0 Å². The third-order valence-electron chi connectivity index (χ3n) is 4.39. The molecular formula is C18H15ClN2O2S. The van der Waals surface area contributed by atoms with Crippen LogP contribution in [0.5, 0.6) is 0 Å². The minimum Gasteiger partial charge on any atom is -0.322 e. The maximum atomic E-state index is 12.3. The Kier molecular flexibility index (Phi) is 3.90. The number of benzene rings is 1. The van der Waals surface area contributed by atoms with Gasteiger partial charge >= 0.3 is 0 Å². The van der Waals surface area contributed by atoms with Gasteiger partial charge in [-0.05, 0) is 55.5 Å². The first-order valence-corrected chi connectivity index (χ1v) is 9.06. The first-order valence-electron chi connectivity index (χ1n) is 7.86. The second-order valence-corrected chi connectivity index (χ2v) is 7.65. The van der Waals surface area contributed by atoms with Gasteiger partial charge in [0.05, 0.1) is 14.7 Å². The summed E-state index contributed by atoms with van der Waals surface area (Å²) in [7, 11) is 0. The zero-order valence-corrected chi connectivity index (χ0v) is 14.4. The molecule has 1 aromatic carbocycles. The number of anilines is 1. The van der Waals surface area contributed by atoms with Gasteiger partial charge in [-0.1, -0.05) is 17.7 Å². The predicted molar refractivity (Wildman–Crippen MR) is 98.5 cm³/mol. The van der Waals surface area contributed by atoms with Gasteiger partial charge in [0.15, 0.2) is 0 Å². The van der Waals surface area contributed by atoms with Crippen molar-refractivity contribution in [3.8, 4) is 0 Å². The Morgan fingerprint density at radius 2 is 1.92 bits per heavy atom. The van der Waals surface area contributed by atoms with Gasteiger partial charge in [0, 0.05) is 16.6 Å². The van der Waals surface area contributed by atoms with Crippen molar-refractivity contribution in [2.24, 2.45) is 0 Å². The molecule has 1 amide bonds. The number of carbonyl (C=O) groups is 1. The summed E-state index contributed by atoms with van der Waals surface area (Å²) in [4.78, 5) is 28.0. The van der Waals surface area contributed by atoms with E-state index in [0.29, 0.717) is 14.9 Å². The molecule has 4 nitrogen and oxygen atoms in total. The van der Waals surface area contributed by atoms with E-state index in [0.717, 1.165) is 47.7 Å². The molecule has 0 bridgehead atoms. The van der Waals surface area contributed by atoms with E-state index in [9.17, 15) is 9.59 Å². The molecule has 0 saturated carbocycles. The van der Waals surface area contributed by atoms with Crippen molar-refractivity contribution in [1.29, 1.82) is 0 Å². The van der Waals surface area contributed by atoms with E-state index in [4.69, 9.17) is 11.6 Å². The second kappa shape index (κ2) is 6.07. The number of hydrogen-bond donors (Lipinski definition) is 2. The Morgan fingerprint density at radius 3 is 2.67 bits per heavy atom. The smallest absolute Gasteiger partial charge is 0.265 e. The Balaban J connectivity index is 1.71. The highest BCUT2D eigenvalue weighted by atomic mass is 35.5. The molecule has 0 fully saturated rings. The maximum Gasteiger partial charge on any atom is 0.265 e. The lowest BCUT2D eigenvalue weighted by Gasteiger charge is -2.17. The van der Waals surface area contributed by atoms with Crippen LogP contribution in [0.1, 0.15) is 33.6 Å². The SMILES string of the molecule is O=C(Nc1ccc2c3c(c(=O)[nH]c2c1)CCCC3)c1ccc(Cl)s1. The number of thiophene rings is 1. The third-order valence-corrected chi connectivity index (χ3v) is 5.62. The molecule has 24 heavy (non-hydrogen) atoms. The lowest BCUT2D eigenvalue weighted by atomic mass is 9.90. The fourth-order valence-electron chi connectivity index (χ4n) is 3.27. The standard InChI is InChI=1S/C18H15ClN2O2S/c19-16-8-7-15(24-16)18(23)20-10-5-6-12-11-3-1-2-4-13(11)17(22)21-14(12)9-10/h5-9H,1-4H2,(H,20,23)(H,21,22). The van der Waals surface area contributed by atoms with E-state index in [2.05, 4.69) is 10.3 Å². The van der Waals surface area contributed by atoms with Crippen LogP contribution in [0.2, 0.25) is 4.34 Å². The van der Waals surface area contributed by atoms with Crippen molar-refractivity contribution in [2.75, 3.05) is 5.32 Å². The number of nitrogens with one attached hydrogen (secondary N) is 2. The number of rotatable bonds is 2. The van der Waals surface area contributed by atoms with Crippen LogP contribution in [-0.2, 0) is 12.8 Å². The molecular weight excluding hydrogens is 344 g/mol. The minimum atomic E-state index is -0.202. The number of H-pyrrole nitrogens is 1. The van der Waals surface area contributed by atoms with E-state index in [1.165, 1.54) is 11.3 Å². The first-order chi connectivity index (χ1) is 11.6. The molecule has 2 N–H and O–H groups in total. The summed E-state index contributed by atoms with van der Waals surface area (Å²) in [6.45, 7) is 0. The van der Waals surface area contributed by atoms with Gasteiger partial charge in [0.25, 0.3) is 11.5 Å². The quantitative estimate of drug-likeness (QED) is 0.714. The number of aryl methyl sites for hydroxylation is 1. The van der Waals surface area contributed by atoms with Crippen LogP contribution < -0.4 is 10.9 Å². The van der Waals surface area contributed by atoms with Gasteiger partial charge in [-0.2, -0.15) is 0 Å². The summed E-state index contributed by atoms with van der Waals surface area (Å²) in [5.41, 5.74) is 3.48. The molecule has 0 saturated heterocycles. The van der Waals surface area contributed by atoms with Gasteiger partial charge in [-0.15, -0.1) is 11.3 Å². The number of fused-ring (bicyclic) bond motifs is 3. The third kappa shape index (κ3) is 2.74. The summed E-state index contributed by atoms with van der Waals surface area (Å²) >= 11 is 7.10. The highest BCUT2D eigenvalue weighted by Crippen LogP contribution is 2.28. The van der Waals surface area contributed by atoms with Gasteiger partial charge in [0.2, 0.25) is 0 Å². The predicted octanol–water partition coefficient (Wildman–Crippen LogP) is 4.37. The Labute approximate surface area is 147 Å². The Bertz CT molecular complexity index is 1010. The molecule has 3 aromatic rings. The Morgan fingerprint density at radius 1 is 1.12 bits per heavy atom. The molecule has 122 valence electrons. The molecule has 4 rings (SSSR count). The summed E-state index contributed by atoms with van der Waals surface area (Å²) in [6.07, 6.45) is 3.97. The Hall–Kier alpha value is -2.11. The molecule has 0 radical (unpaired) electrons. The summed E-state index contributed by atoms with van der Waals surface area (Å²) in [5.74, 6) is -0.202. The molecule has 2 heterocycles. The molecule has 1 aliphatic rings. The number of aromatic nitrogens is 1. The fourth-order valence-corrected chi connectivity index (χ4v) is 4.21. The molecule has 1 aliphatic carbocycles. The number of aromatic amines is 1. The molecule has 0 aliphatic heterocycles. The highest BCUT2D eigenvalue weighted by Gasteiger charge is 2.17. The molecule has 0 atom stereocenters. The van der Waals surface area contributed by atoms with Crippen LogP contribution in [0.3, 0.4) is 0 Å². The monoisotopic (exact) mass is 358 g/mol. The average Bonchev–Trinajstić information content (AvgIpc) is 3.02. The summed E-state index contributed by atoms with van der Waals surface area (Å²) in [6, 6.07) is 9.07. The average molecular weight is 359 g/mol.